The molecule has 0 N–H and O–H groups in total. The topological polar surface area (TPSA) is 69.7 Å². The van der Waals surface area contributed by atoms with E-state index in [1.54, 1.807) is 49.4 Å². The summed E-state index contributed by atoms with van der Waals surface area (Å²) in [6.45, 7) is 1.61. The van der Waals surface area contributed by atoms with E-state index in [1.165, 1.54) is 12.1 Å². The molecule has 0 fully saturated rings. The normalized spacial score (nSPS) is 9.96. The van der Waals surface area contributed by atoms with Gasteiger partial charge in [0, 0.05) is 5.56 Å². The number of hydrogen-bond donors (Lipinski definition) is 0. The molecule has 23 heavy (non-hydrogen) atoms. The minimum Gasteiger partial charge on any atom is -0.481 e. The van der Waals surface area contributed by atoms with Crippen molar-refractivity contribution in [1.82, 2.24) is 0 Å². The molecule has 2 rings (SSSR count). The number of ether oxygens (including phenoxy) is 2. The molecule has 0 atom stereocenters. The predicted octanol–water partition coefficient (Wildman–Crippen LogP) is 2.69. The summed E-state index contributed by atoms with van der Waals surface area (Å²) in [4.78, 5) is 36.0. The van der Waals surface area contributed by atoms with Crippen molar-refractivity contribution in [3.8, 4) is 5.75 Å². The highest BCUT2D eigenvalue weighted by atomic mass is 16.6. The van der Waals surface area contributed by atoms with Gasteiger partial charge in [0.1, 0.15) is 5.75 Å². The van der Waals surface area contributed by atoms with Crippen LogP contribution in [0.5, 0.6) is 5.75 Å². The van der Waals surface area contributed by atoms with Crippen LogP contribution < -0.4 is 4.74 Å². The van der Waals surface area contributed by atoms with Crippen molar-refractivity contribution in [3.05, 3.63) is 65.7 Å². The Balaban J connectivity index is 2.17. The number of benzene rings is 2. The van der Waals surface area contributed by atoms with Gasteiger partial charge in [-0.05, 0) is 19.1 Å². The molecule has 0 radical (unpaired) electrons. The third-order valence-corrected chi connectivity index (χ3v) is 3.02. The van der Waals surface area contributed by atoms with Crippen molar-refractivity contribution >= 4 is 17.5 Å². The smallest absolute Gasteiger partial charge is 0.344 e. The van der Waals surface area contributed by atoms with Gasteiger partial charge in [-0.2, -0.15) is 0 Å². The van der Waals surface area contributed by atoms with E-state index >= 15 is 0 Å². The van der Waals surface area contributed by atoms with Gasteiger partial charge >= 0.3 is 5.97 Å². The summed E-state index contributed by atoms with van der Waals surface area (Å²) in [5.74, 6) is -1.67. The van der Waals surface area contributed by atoms with Crippen LogP contribution in [0.25, 0.3) is 0 Å². The Morgan fingerprint density at radius 1 is 0.870 bits per heavy atom. The highest BCUT2D eigenvalue weighted by Crippen LogP contribution is 2.20. The van der Waals surface area contributed by atoms with Crippen LogP contribution in [0.2, 0.25) is 0 Å². The average molecular weight is 312 g/mol. The number of para-hydroxylation sites is 1. The van der Waals surface area contributed by atoms with Gasteiger partial charge in [0.25, 0.3) is 0 Å². The summed E-state index contributed by atoms with van der Waals surface area (Å²) >= 11 is 0. The summed E-state index contributed by atoms with van der Waals surface area (Å²) in [7, 11) is 0. The first-order valence-corrected chi connectivity index (χ1v) is 7.15. The van der Waals surface area contributed by atoms with Crippen molar-refractivity contribution in [2.45, 2.75) is 6.92 Å². The van der Waals surface area contributed by atoms with E-state index in [9.17, 15) is 14.4 Å². The molecule has 0 bridgehead atoms. The maximum Gasteiger partial charge on any atom is 0.344 e. The molecular formula is C18H16O5. The Kier molecular flexibility index (Phi) is 5.63. The molecule has 0 spiro atoms. The van der Waals surface area contributed by atoms with Crippen molar-refractivity contribution in [3.63, 3.8) is 0 Å². The average Bonchev–Trinajstić information content (AvgIpc) is 2.60. The fraction of sp³-hybridized carbons (Fsp3) is 0.167. The molecule has 0 aliphatic rings. The van der Waals surface area contributed by atoms with Crippen LogP contribution in [0, 0.1) is 0 Å². The molecule has 0 unspecified atom stereocenters. The largest absolute Gasteiger partial charge is 0.481 e. The lowest BCUT2D eigenvalue weighted by molar-refractivity contribution is -0.145. The van der Waals surface area contributed by atoms with E-state index in [0.29, 0.717) is 5.56 Å². The Bertz CT molecular complexity index is 706. The zero-order chi connectivity index (χ0) is 16.7. The number of ketones is 2. The van der Waals surface area contributed by atoms with Gasteiger partial charge < -0.3 is 9.47 Å². The van der Waals surface area contributed by atoms with E-state index in [0.717, 1.165) is 0 Å². The maximum atomic E-state index is 12.4. The standard InChI is InChI=1S/C18H16O5/c1-2-22-16(19)12-23-15-11-7-6-10-14(15)18(21)17(20)13-8-4-3-5-9-13/h3-11H,2,12H2,1H3. The van der Waals surface area contributed by atoms with Gasteiger partial charge in [-0.3, -0.25) is 9.59 Å². The fourth-order valence-corrected chi connectivity index (χ4v) is 1.96. The maximum absolute atomic E-state index is 12.4. The first kappa shape index (κ1) is 16.4. The molecule has 0 saturated carbocycles. The summed E-state index contributed by atoms with van der Waals surface area (Å²) < 4.78 is 10.1. The molecule has 0 heterocycles. The van der Waals surface area contributed by atoms with Crippen molar-refractivity contribution in [2.75, 3.05) is 13.2 Å². The van der Waals surface area contributed by atoms with Gasteiger partial charge in [0.05, 0.1) is 12.2 Å². The van der Waals surface area contributed by atoms with Crippen LogP contribution in [0.15, 0.2) is 54.6 Å². The molecule has 118 valence electrons. The fourth-order valence-electron chi connectivity index (χ4n) is 1.96. The van der Waals surface area contributed by atoms with Crippen LogP contribution in [0.3, 0.4) is 0 Å². The Labute approximate surface area is 133 Å². The lowest BCUT2D eigenvalue weighted by Gasteiger charge is -2.10. The zero-order valence-corrected chi connectivity index (χ0v) is 12.7. The van der Waals surface area contributed by atoms with E-state index in [-0.39, 0.29) is 24.5 Å². The first-order chi connectivity index (χ1) is 11.1. The minimum atomic E-state index is -0.685. The Morgan fingerprint density at radius 2 is 1.52 bits per heavy atom. The highest BCUT2D eigenvalue weighted by Gasteiger charge is 2.21. The molecule has 0 aliphatic heterocycles. The molecule has 0 saturated heterocycles. The van der Waals surface area contributed by atoms with E-state index in [1.807, 2.05) is 0 Å². The number of esters is 1. The minimum absolute atomic E-state index is 0.116. The second-order valence-corrected chi connectivity index (χ2v) is 4.61. The summed E-state index contributed by atoms with van der Waals surface area (Å²) in [6.07, 6.45) is 0. The summed E-state index contributed by atoms with van der Waals surface area (Å²) in [6, 6.07) is 14.6. The quantitative estimate of drug-likeness (QED) is 0.446. The number of carbonyl (C=O) groups is 3. The van der Waals surface area contributed by atoms with E-state index in [2.05, 4.69) is 0 Å². The molecule has 5 nitrogen and oxygen atoms in total. The Morgan fingerprint density at radius 3 is 2.22 bits per heavy atom. The van der Waals surface area contributed by atoms with E-state index < -0.39 is 17.5 Å². The number of Topliss-reactive ketones (excluding diaryl/α,β-unsaturated/α-hetero) is 2. The lowest BCUT2D eigenvalue weighted by Crippen LogP contribution is -2.18. The van der Waals surface area contributed by atoms with Gasteiger partial charge in [-0.15, -0.1) is 0 Å². The van der Waals surface area contributed by atoms with E-state index in [4.69, 9.17) is 9.47 Å². The second-order valence-electron chi connectivity index (χ2n) is 4.61. The van der Waals surface area contributed by atoms with Gasteiger partial charge in [-0.1, -0.05) is 42.5 Å². The number of carbonyl (C=O) groups excluding carboxylic acids is 3. The predicted molar refractivity (Wildman–Crippen MR) is 83.7 cm³/mol. The lowest BCUT2D eigenvalue weighted by atomic mass is 10.0. The zero-order valence-electron chi connectivity index (χ0n) is 12.7. The molecule has 0 aliphatic carbocycles. The van der Waals surface area contributed by atoms with Gasteiger partial charge in [0.15, 0.2) is 6.61 Å². The Hall–Kier alpha value is -2.95. The first-order valence-electron chi connectivity index (χ1n) is 7.15. The van der Waals surface area contributed by atoms with Gasteiger partial charge in [0.2, 0.25) is 11.6 Å². The van der Waals surface area contributed by atoms with Crippen molar-refractivity contribution < 1.29 is 23.9 Å². The van der Waals surface area contributed by atoms with Crippen LogP contribution in [-0.4, -0.2) is 30.7 Å². The third kappa shape index (κ3) is 4.26. The van der Waals surface area contributed by atoms with Gasteiger partial charge in [-0.25, -0.2) is 4.79 Å². The second kappa shape index (κ2) is 7.89. The SMILES string of the molecule is CCOC(=O)COc1ccccc1C(=O)C(=O)c1ccccc1. The molecule has 2 aromatic rings. The number of rotatable bonds is 7. The van der Waals surface area contributed by atoms with Crippen LogP contribution in [0.4, 0.5) is 0 Å². The molecule has 0 amide bonds. The highest BCUT2D eigenvalue weighted by molar-refractivity contribution is 6.49. The van der Waals surface area contributed by atoms with Crippen LogP contribution in [0.1, 0.15) is 27.6 Å². The molecule has 0 aromatic heterocycles. The number of hydrogen-bond acceptors (Lipinski definition) is 5. The monoisotopic (exact) mass is 312 g/mol. The van der Waals surface area contributed by atoms with Crippen molar-refractivity contribution in [1.29, 1.82) is 0 Å². The summed E-state index contributed by atoms with van der Waals surface area (Å²) in [5, 5.41) is 0. The van der Waals surface area contributed by atoms with Crippen LogP contribution in [-0.2, 0) is 9.53 Å². The van der Waals surface area contributed by atoms with Crippen molar-refractivity contribution in [2.24, 2.45) is 0 Å². The molecule has 5 heteroatoms. The van der Waals surface area contributed by atoms with Crippen LogP contribution >= 0.6 is 0 Å². The molecule has 2 aromatic carbocycles. The summed E-state index contributed by atoms with van der Waals surface area (Å²) in [5.41, 5.74) is 0.420. The molecular weight excluding hydrogens is 296 g/mol. The third-order valence-electron chi connectivity index (χ3n) is 3.02.